The van der Waals surface area contributed by atoms with Crippen LogP contribution in [0.1, 0.15) is 48.0 Å². The predicted octanol–water partition coefficient (Wildman–Crippen LogP) is 5.18. The molecular formula is C26H33Cl2N3O2. The van der Waals surface area contributed by atoms with Crippen LogP contribution in [0.5, 0.6) is 0 Å². The third-order valence-electron chi connectivity index (χ3n) is 6.67. The number of carbonyl (C=O) groups is 2. The Balaban J connectivity index is 1.66. The highest BCUT2D eigenvalue weighted by Gasteiger charge is 2.25. The number of hydrogen-bond acceptors (Lipinski definition) is 3. The molecule has 178 valence electrons. The Morgan fingerprint density at radius 1 is 1.03 bits per heavy atom. The zero-order chi connectivity index (χ0) is 24.0. The molecular weight excluding hydrogens is 457 g/mol. The fourth-order valence-corrected chi connectivity index (χ4v) is 4.78. The van der Waals surface area contributed by atoms with E-state index in [0.29, 0.717) is 28.2 Å². The molecule has 2 amide bonds. The average Bonchev–Trinajstić information content (AvgIpc) is 2.83. The molecule has 1 fully saturated rings. The van der Waals surface area contributed by atoms with E-state index in [1.807, 2.05) is 67.5 Å². The summed E-state index contributed by atoms with van der Waals surface area (Å²) in [6.45, 7) is 5.08. The largest absolute Gasteiger partial charge is 0.343 e. The number of nitrogens with zero attached hydrogens (tertiary/aromatic N) is 3. The van der Waals surface area contributed by atoms with E-state index in [-0.39, 0.29) is 17.7 Å². The molecule has 0 aromatic heterocycles. The number of carbonyl (C=O) groups excluding carboxylic acids is 2. The summed E-state index contributed by atoms with van der Waals surface area (Å²) in [6.07, 6.45) is 2.87. The first kappa shape index (κ1) is 25.5. The van der Waals surface area contributed by atoms with Crippen molar-refractivity contribution >= 4 is 35.0 Å². The standard InChI is InChI=1S/C26H33Cl2N3O2/c1-19(32)30(3)23-12-15-31(16-13-23)14-11-22(21-9-10-24(27)25(28)17-21)18-29(2)26(33)20-7-5-4-6-8-20/h4-10,17,22-23H,11-16,18H2,1-3H3. The number of piperidine rings is 1. The van der Waals surface area contributed by atoms with Crippen molar-refractivity contribution < 1.29 is 9.59 Å². The maximum absolute atomic E-state index is 12.9. The first-order valence-electron chi connectivity index (χ1n) is 11.5. The molecule has 2 aromatic rings. The summed E-state index contributed by atoms with van der Waals surface area (Å²) < 4.78 is 0. The highest BCUT2D eigenvalue weighted by molar-refractivity contribution is 6.42. The third-order valence-corrected chi connectivity index (χ3v) is 7.41. The van der Waals surface area contributed by atoms with Gasteiger partial charge in [0, 0.05) is 58.2 Å². The van der Waals surface area contributed by atoms with Crippen molar-refractivity contribution in [2.45, 2.75) is 38.1 Å². The predicted molar refractivity (Wildman–Crippen MR) is 135 cm³/mol. The Labute approximate surface area is 207 Å². The number of amides is 2. The van der Waals surface area contributed by atoms with E-state index >= 15 is 0 Å². The van der Waals surface area contributed by atoms with Crippen molar-refractivity contribution in [3.8, 4) is 0 Å². The van der Waals surface area contributed by atoms with Crippen molar-refractivity contribution in [2.24, 2.45) is 0 Å². The molecule has 1 saturated heterocycles. The van der Waals surface area contributed by atoms with E-state index in [1.54, 1.807) is 11.8 Å². The van der Waals surface area contributed by atoms with Gasteiger partial charge in [-0.25, -0.2) is 0 Å². The second kappa shape index (κ2) is 11.9. The van der Waals surface area contributed by atoms with Gasteiger partial charge in [-0.3, -0.25) is 9.59 Å². The number of likely N-dealkylation sites (tertiary alicyclic amines) is 1. The molecule has 7 heteroatoms. The van der Waals surface area contributed by atoms with Gasteiger partial charge in [0.2, 0.25) is 5.91 Å². The molecule has 33 heavy (non-hydrogen) atoms. The molecule has 0 N–H and O–H groups in total. The van der Waals surface area contributed by atoms with Crippen molar-refractivity contribution in [3.05, 3.63) is 69.7 Å². The smallest absolute Gasteiger partial charge is 0.253 e. The van der Waals surface area contributed by atoms with Crippen LogP contribution in [0.3, 0.4) is 0 Å². The van der Waals surface area contributed by atoms with E-state index in [9.17, 15) is 9.59 Å². The minimum atomic E-state index is 0.00810. The number of hydrogen-bond donors (Lipinski definition) is 0. The van der Waals surface area contributed by atoms with Crippen molar-refractivity contribution in [3.63, 3.8) is 0 Å². The van der Waals surface area contributed by atoms with Gasteiger partial charge in [-0.15, -0.1) is 0 Å². The quantitative estimate of drug-likeness (QED) is 0.512. The number of benzene rings is 2. The van der Waals surface area contributed by atoms with Gasteiger partial charge in [-0.1, -0.05) is 47.5 Å². The highest BCUT2D eigenvalue weighted by Crippen LogP contribution is 2.29. The van der Waals surface area contributed by atoms with Crippen LogP contribution in [-0.4, -0.2) is 72.8 Å². The molecule has 0 radical (unpaired) electrons. The summed E-state index contributed by atoms with van der Waals surface area (Å²) in [5, 5.41) is 1.06. The summed E-state index contributed by atoms with van der Waals surface area (Å²) >= 11 is 12.5. The maximum atomic E-state index is 12.9. The molecule has 2 aromatic carbocycles. The molecule has 1 aliphatic heterocycles. The molecule has 5 nitrogen and oxygen atoms in total. The first-order chi connectivity index (χ1) is 15.8. The lowest BCUT2D eigenvalue weighted by Gasteiger charge is -2.37. The molecule has 1 unspecified atom stereocenters. The van der Waals surface area contributed by atoms with Crippen LogP contribution >= 0.6 is 23.2 Å². The molecule has 0 bridgehead atoms. The maximum Gasteiger partial charge on any atom is 0.253 e. The lowest BCUT2D eigenvalue weighted by Crippen LogP contribution is -2.45. The van der Waals surface area contributed by atoms with Crippen LogP contribution in [0.2, 0.25) is 10.0 Å². The average molecular weight is 490 g/mol. The Kier molecular flexibility index (Phi) is 9.19. The lowest BCUT2D eigenvalue weighted by atomic mass is 9.94. The topological polar surface area (TPSA) is 43.9 Å². The Hall–Kier alpha value is -2.08. The molecule has 1 heterocycles. The van der Waals surface area contributed by atoms with E-state index in [4.69, 9.17) is 23.2 Å². The van der Waals surface area contributed by atoms with Gasteiger partial charge in [0.25, 0.3) is 5.91 Å². The van der Waals surface area contributed by atoms with Gasteiger partial charge >= 0.3 is 0 Å². The second-order valence-corrected chi connectivity index (χ2v) is 9.73. The summed E-state index contributed by atoms with van der Waals surface area (Å²) in [5.41, 5.74) is 1.77. The van der Waals surface area contributed by atoms with Crippen molar-refractivity contribution in [1.29, 1.82) is 0 Å². The van der Waals surface area contributed by atoms with Gasteiger partial charge in [0.05, 0.1) is 10.0 Å². The fourth-order valence-electron chi connectivity index (χ4n) is 4.47. The molecule has 1 aliphatic rings. The second-order valence-electron chi connectivity index (χ2n) is 8.91. The normalized spacial score (nSPS) is 15.8. The van der Waals surface area contributed by atoms with Crippen LogP contribution in [0.15, 0.2) is 48.5 Å². The minimum absolute atomic E-state index is 0.00810. The number of halogens is 2. The SMILES string of the molecule is CC(=O)N(C)C1CCN(CCC(CN(C)C(=O)c2ccccc2)c2ccc(Cl)c(Cl)c2)CC1. The Morgan fingerprint density at radius 2 is 1.70 bits per heavy atom. The molecule has 0 saturated carbocycles. The molecule has 1 atom stereocenters. The monoisotopic (exact) mass is 489 g/mol. The van der Waals surface area contributed by atoms with Crippen molar-refractivity contribution in [2.75, 3.05) is 40.3 Å². The summed E-state index contributed by atoms with van der Waals surface area (Å²) in [6, 6.07) is 15.4. The van der Waals surface area contributed by atoms with Crippen LogP contribution < -0.4 is 0 Å². The van der Waals surface area contributed by atoms with E-state index < -0.39 is 0 Å². The number of rotatable bonds is 8. The fraction of sp³-hybridized carbons (Fsp3) is 0.462. The van der Waals surface area contributed by atoms with E-state index in [0.717, 1.165) is 44.5 Å². The summed E-state index contributed by atoms with van der Waals surface area (Å²) in [5.74, 6) is 0.267. The summed E-state index contributed by atoms with van der Waals surface area (Å²) in [7, 11) is 3.74. The zero-order valence-electron chi connectivity index (χ0n) is 19.6. The van der Waals surface area contributed by atoms with E-state index in [2.05, 4.69) is 4.90 Å². The van der Waals surface area contributed by atoms with E-state index in [1.165, 1.54) is 0 Å². The molecule has 0 aliphatic carbocycles. The van der Waals surface area contributed by atoms with Gasteiger partial charge in [0.15, 0.2) is 0 Å². The lowest BCUT2D eigenvalue weighted by molar-refractivity contribution is -0.130. The minimum Gasteiger partial charge on any atom is -0.343 e. The van der Waals surface area contributed by atoms with Gasteiger partial charge in [0.1, 0.15) is 0 Å². The van der Waals surface area contributed by atoms with Gasteiger partial charge in [-0.05, 0) is 55.6 Å². The molecule has 0 spiro atoms. The van der Waals surface area contributed by atoms with Crippen LogP contribution in [-0.2, 0) is 4.79 Å². The van der Waals surface area contributed by atoms with Gasteiger partial charge in [-0.2, -0.15) is 0 Å². The Morgan fingerprint density at radius 3 is 2.30 bits per heavy atom. The zero-order valence-corrected chi connectivity index (χ0v) is 21.1. The van der Waals surface area contributed by atoms with Crippen LogP contribution in [0.4, 0.5) is 0 Å². The third kappa shape index (κ3) is 6.95. The summed E-state index contributed by atoms with van der Waals surface area (Å²) in [4.78, 5) is 30.7. The van der Waals surface area contributed by atoms with Crippen LogP contribution in [0.25, 0.3) is 0 Å². The Bertz CT molecular complexity index is 946. The highest BCUT2D eigenvalue weighted by atomic mass is 35.5. The number of likely N-dealkylation sites (N-methyl/N-ethyl adjacent to an activating group) is 1. The van der Waals surface area contributed by atoms with Gasteiger partial charge < -0.3 is 14.7 Å². The molecule has 3 rings (SSSR count). The first-order valence-corrected chi connectivity index (χ1v) is 12.2. The van der Waals surface area contributed by atoms with Crippen molar-refractivity contribution in [1.82, 2.24) is 14.7 Å². The van der Waals surface area contributed by atoms with Crippen LogP contribution in [0, 0.1) is 0 Å².